The van der Waals surface area contributed by atoms with E-state index < -0.39 is 6.09 Å². The van der Waals surface area contributed by atoms with E-state index >= 15 is 0 Å². The van der Waals surface area contributed by atoms with E-state index in [9.17, 15) is 4.79 Å². The van der Waals surface area contributed by atoms with E-state index in [1.165, 1.54) is 5.56 Å². The molecule has 1 aromatic carbocycles. The number of rotatable bonds is 1. The van der Waals surface area contributed by atoms with E-state index in [2.05, 4.69) is 28.2 Å². The van der Waals surface area contributed by atoms with Crippen molar-refractivity contribution in [2.75, 3.05) is 6.61 Å². The van der Waals surface area contributed by atoms with Crippen LogP contribution in [-0.2, 0) is 12.8 Å². The fraction of sp³-hybridized carbons (Fsp3) is 0.588. The topological polar surface area (TPSA) is 47.6 Å². The molecule has 1 aromatic rings. The summed E-state index contributed by atoms with van der Waals surface area (Å²) in [6, 6.07) is 0. The predicted molar refractivity (Wildman–Crippen MR) is 89.0 cm³/mol. The summed E-state index contributed by atoms with van der Waals surface area (Å²) in [5.74, 6) is 1.67. The third-order valence-corrected chi connectivity index (χ3v) is 4.99. The zero-order valence-electron chi connectivity index (χ0n) is 13.5. The number of amides is 1. The van der Waals surface area contributed by atoms with Gasteiger partial charge in [0.15, 0.2) is 11.5 Å². The van der Waals surface area contributed by atoms with E-state index in [4.69, 9.17) is 9.47 Å². The number of carbonyl (C=O) groups excluding carboxylic acids is 1. The predicted octanol–water partition coefficient (Wildman–Crippen LogP) is 4.32. The normalized spacial score (nSPS) is 19.4. The second-order valence-corrected chi connectivity index (χ2v) is 7.97. The van der Waals surface area contributed by atoms with Crippen LogP contribution in [0.2, 0.25) is 0 Å². The minimum atomic E-state index is -0.422. The van der Waals surface area contributed by atoms with E-state index in [1.54, 1.807) is 0 Å². The van der Waals surface area contributed by atoms with Crippen LogP contribution in [0.4, 0.5) is 4.79 Å². The Morgan fingerprint density at radius 2 is 2.00 bits per heavy atom. The molecule has 0 bridgehead atoms. The number of nitrogens with one attached hydrogen (secondary N) is 1. The monoisotopic (exact) mass is 367 g/mol. The first-order valence-electron chi connectivity index (χ1n) is 7.78. The maximum atomic E-state index is 12.2. The molecule has 0 spiro atoms. The smallest absolute Gasteiger partial charge is 0.413 e. The zero-order chi connectivity index (χ0) is 16.1. The average molecular weight is 368 g/mol. The summed E-state index contributed by atoms with van der Waals surface area (Å²) >= 11 is 3.74. The number of hydrogen-bond donors (Lipinski definition) is 1. The molecule has 4 nitrogen and oxygen atoms in total. The lowest BCUT2D eigenvalue weighted by Gasteiger charge is -2.22. The molecule has 2 aliphatic rings. The van der Waals surface area contributed by atoms with Crippen molar-refractivity contribution >= 4 is 22.0 Å². The molecule has 0 radical (unpaired) electrons. The Morgan fingerprint density at radius 3 is 2.68 bits per heavy atom. The molecule has 5 heteroatoms. The lowest BCUT2D eigenvalue weighted by Crippen LogP contribution is -2.42. The Hall–Kier alpha value is -1.23. The minimum Gasteiger partial charge on any atom is -0.489 e. The minimum absolute atomic E-state index is 0.309. The Bertz CT molecular complexity index is 634. The largest absolute Gasteiger partial charge is 0.489 e. The lowest BCUT2D eigenvalue weighted by molar-refractivity contribution is 0.188. The van der Waals surface area contributed by atoms with Gasteiger partial charge in [0.2, 0.25) is 0 Å². The summed E-state index contributed by atoms with van der Waals surface area (Å²) in [5.41, 5.74) is 3.20. The van der Waals surface area contributed by atoms with Crippen molar-refractivity contribution in [1.82, 2.24) is 5.32 Å². The zero-order valence-corrected chi connectivity index (χ0v) is 15.1. The van der Waals surface area contributed by atoms with Crippen LogP contribution in [-0.4, -0.2) is 18.2 Å². The molecule has 0 fully saturated rings. The van der Waals surface area contributed by atoms with Gasteiger partial charge in [-0.2, -0.15) is 0 Å². The number of benzene rings is 1. The molecule has 1 atom stereocenters. The molecule has 22 heavy (non-hydrogen) atoms. The van der Waals surface area contributed by atoms with Gasteiger partial charge in [0.05, 0.1) is 6.61 Å². The van der Waals surface area contributed by atoms with E-state index in [-0.39, 0.29) is 5.54 Å². The van der Waals surface area contributed by atoms with Gasteiger partial charge in [-0.05, 0) is 45.6 Å². The maximum Gasteiger partial charge on any atom is 0.413 e. The van der Waals surface area contributed by atoms with E-state index in [0.717, 1.165) is 40.6 Å². The van der Waals surface area contributed by atoms with Crippen molar-refractivity contribution in [2.24, 2.45) is 0 Å². The number of carbonyl (C=O) groups is 1. The van der Waals surface area contributed by atoms with Crippen molar-refractivity contribution in [2.45, 2.75) is 58.4 Å². The quantitative estimate of drug-likeness (QED) is 0.803. The Labute approximate surface area is 139 Å². The summed E-state index contributed by atoms with van der Waals surface area (Å²) in [7, 11) is 0. The molecule has 120 valence electrons. The SMILES string of the molecule is CC1COc2c(OC(=O)NC(C)(C)C)c3c(c(Br)c21)CCC3. The molecular weight excluding hydrogens is 346 g/mol. The second kappa shape index (κ2) is 5.44. The molecule has 1 unspecified atom stereocenters. The number of ether oxygens (including phenoxy) is 2. The van der Waals surface area contributed by atoms with Crippen LogP contribution in [0, 0.1) is 0 Å². The van der Waals surface area contributed by atoms with Crippen molar-refractivity contribution in [3.8, 4) is 11.5 Å². The maximum absolute atomic E-state index is 12.2. The summed E-state index contributed by atoms with van der Waals surface area (Å²) < 4.78 is 12.7. The summed E-state index contributed by atoms with van der Waals surface area (Å²) in [6.07, 6.45) is 2.61. The lowest BCUT2D eigenvalue weighted by atomic mass is 9.97. The third kappa shape index (κ3) is 2.71. The van der Waals surface area contributed by atoms with Crippen LogP contribution in [0.5, 0.6) is 11.5 Å². The van der Waals surface area contributed by atoms with E-state index in [0.29, 0.717) is 18.3 Å². The number of halogens is 1. The van der Waals surface area contributed by atoms with Crippen LogP contribution < -0.4 is 14.8 Å². The fourth-order valence-electron chi connectivity index (χ4n) is 3.17. The molecule has 0 saturated carbocycles. The standard InChI is InChI=1S/C17H22BrNO3/c1-9-8-21-15-12(9)13(18)10-6-5-7-11(10)14(15)22-16(20)19-17(2,3)4/h9H,5-8H2,1-4H3,(H,19,20). The Balaban J connectivity index is 2.01. The van der Waals surface area contributed by atoms with Crippen molar-refractivity contribution < 1.29 is 14.3 Å². The van der Waals surface area contributed by atoms with Gasteiger partial charge in [0.1, 0.15) is 0 Å². The highest BCUT2D eigenvalue weighted by atomic mass is 79.9. The highest BCUT2D eigenvalue weighted by molar-refractivity contribution is 9.10. The van der Waals surface area contributed by atoms with Crippen LogP contribution in [0.25, 0.3) is 0 Å². The Morgan fingerprint density at radius 1 is 1.32 bits per heavy atom. The van der Waals surface area contributed by atoms with Gasteiger partial charge in [-0.15, -0.1) is 0 Å². The van der Waals surface area contributed by atoms with Gasteiger partial charge in [-0.1, -0.05) is 22.9 Å². The summed E-state index contributed by atoms with van der Waals surface area (Å²) in [5, 5.41) is 2.85. The molecule has 1 aliphatic carbocycles. The van der Waals surface area contributed by atoms with Gasteiger partial charge >= 0.3 is 6.09 Å². The fourth-order valence-corrected chi connectivity index (χ4v) is 4.17. The van der Waals surface area contributed by atoms with Crippen LogP contribution in [0.15, 0.2) is 4.47 Å². The molecule has 0 aromatic heterocycles. The second-order valence-electron chi connectivity index (χ2n) is 7.17. The first kappa shape index (κ1) is 15.7. The van der Waals surface area contributed by atoms with Crippen LogP contribution in [0.1, 0.15) is 56.7 Å². The molecule has 1 N–H and O–H groups in total. The van der Waals surface area contributed by atoms with Crippen molar-refractivity contribution in [3.63, 3.8) is 0 Å². The highest BCUT2D eigenvalue weighted by Gasteiger charge is 2.34. The van der Waals surface area contributed by atoms with Gasteiger partial charge in [0.25, 0.3) is 0 Å². The Kier molecular flexibility index (Phi) is 3.87. The first-order chi connectivity index (χ1) is 10.3. The summed E-state index contributed by atoms with van der Waals surface area (Å²) in [4.78, 5) is 12.2. The third-order valence-electron chi connectivity index (χ3n) is 4.09. The van der Waals surface area contributed by atoms with Crippen LogP contribution >= 0.6 is 15.9 Å². The first-order valence-corrected chi connectivity index (χ1v) is 8.57. The molecular formula is C17H22BrNO3. The molecule has 3 rings (SSSR count). The molecule has 1 aliphatic heterocycles. The van der Waals surface area contributed by atoms with Gasteiger partial charge in [0, 0.05) is 27.1 Å². The molecule has 0 saturated heterocycles. The number of hydrogen-bond acceptors (Lipinski definition) is 3. The summed E-state index contributed by atoms with van der Waals surface area (Å²) in [6.45, 7) is 8.57. The highest BCUT2D eigenvalue weighted by Crippen LogP contribution is 2.51. The number of fused-ring (bicyclic) bond motifs is 2. The van der Waals surface area contributed by atoms with Crippen molar-refractivity contribution in [1.29, 1.82) is 0 Å². The van der Waals surface area contributed by atoms with Crippen LogP contribution in [0.3, 0.4) is 0 Å². The van der Waals surface area contributed by atoms with Gasteiger partial charge < -0.3 is 14.8 Å². The average Bonchev–Trinajstić information content (AvgIpc) is 2.99. The molecule has 1 heterocycles. The van der Waals surface area contributed by atoms with Crippen molar-refractivity contribution in [3.05, 3.63) is 21.2 Å². The molecule has 1 amide bonds. The van der Waals surface area contributed by atoms with Gasteiger partial charge in [-0.25, -0.2) is 4.79 Å². The van der Waals surface area contributed by atoms with E-state index in [1.807, 2.05) is 20.8 Å². The van der Waals surface area contributed by atoms with Gasteiger partial charge in [-0.3, -0.25) is 0 Å².